The fourth-order valence-electron chi connectivity index (χ4n) is 5.40. The predicted molar refractivity (Wildman–Crippen MR) is 172 cm³/mol. The zero-order valence-electron chi connectivity index (χ0n) is 26.6. The Morgan fingerprint density at radius 1 is 1.09 bits per heavy atom. The number of halogens is 1. The van der Waals surface area contributed by atoms with Gasteiger partial charge in [0, 0.05) is 30.7 Å². The quantitative estimate of drug-likeness (QED) is 0.201. The SMILES string of the molecule is CCNC(=O)c1cc2c(-c3cc(Oc4c(C)cc(F)cc4C)cc(C4(O[Si](C)(C)C(C)(C)C)CC4)c3)cn(C)c(=O)c2[nH]1. The zero-order chi connectivity index (χ0) is 31.5. The van der Waals surface area contributed by atoms with Crippen LogP contribution >= 0.6 is 0 Å². The first kappa shape index (κ1) is 30.8. The highest BCUT2D eigenvalue weighted by Crippen LogP contribution is 2.55. The molecule has 2 aromatic carbocycles. The van der Waals surface area contributed by atoms with Crippen molar-refractivity contribution < 1.29 is 18.3 Å². The third-order valence-corrected chi connectivity index (χ3v) is 13.4. The number of aromatic amines is 1. The molecule has 43 heavy (non-hydrogen) atoms. The highest BCUT2D eigenvalue weighted by atomic mass is 28.4. The van der Waals surface area contributed by atoms with Crippen LogP contribution in [0, 0.1) is 19.7 Å². The van der Waals surface area contributed by atoms with Gasteiger partial charge in [0.1, 0.15) is 28.5 Å². The van der Waals surface area contributed by atoms with E-state index in [2.05, 4.69) is 50.2 Å². The molecule has 2 aromatic heterocycles. The highest BCUT2D eigenvalue weighted by molar-refractivity contribution is 6.74. The Kier molecular flexibility index (Phi) is 7.71. The molecule has 5 rings (SSSR count). The number of amides is 1. The number of ether oxygens (including phenoxy) is 1. The largest absolute Gasteiger partial charge is 0.457 e. The Labute approximate surface area is 253 Å². The van der Waals surface area contributed by atoms with Gasteiger partial charge in [-0.3, -0.25) is 9.59 Å². The maximum atomic E-state index is 14.1. The fourth-order valence-corrected chi connectivity index (χ4v) is 7.00. The Balaban J connectivity index is 1.71. The van der Waals surface area contributed by atoms with Crippen LogP contribution in [0.4, 0.5) is 4.39 Å². The van der Waals surface area contributed by atoms with Crippen molar-refractivity contribution in [1.29, 1.82) is 0 Å². The number of fused-ring (bicyclic) bond motifs is 1. The van der Waals surface area contributed by atoms with Crippen LogP contribution in [-0.4, -0.2) is 30.3 Å². The van der Waals surface area contributed by atoms with Gasteiger partial charge in [-0.05, 0) is 110 Å². The molecule has 0 radical (unpaired) electrons. The summed E-state index contributed by atoms with van der Waals surface area (Å²) in [7, 11) is -0.426. The van der Waals surface area contributed by atoms with Gasteiger partial charge in [0.25, 0.3) is 11.5 Å². The smallest absolute Gasteiger partial charge is 0.274 e. The van der Waals surface area contributed by atoms with Gasteiger partial charge in [-0.25, -0.2) is 4.39 Å². The van der Waals surface area contributed by atoms with Crippen molar-refractivity contribution in [3.05, 3.63) is 81.2 Å². The molecule has 0 spiro atoms. The molecule has 1 fully saturated rings. The van der Waals surface area contributed by atoms with Crippen molar-refractivity contribution in [3.63, 3.8) is 0 Å². The first-order chi connectivity index (χ1) is 20.0. The molecule has 0 bridgehead atoms. The van der Waals surface area contributed by atoms with E-state index in [9.17, 15) is 14.0 Å². The number of benzene rings is 2. The Morgan fingerprint density at radius 2 is 1.74 bits per heavy atom. The first-order valence-electron chi connectivity index (χ1n) is 14.9. The normalized spacial score (nSPS) is 14.7. The van der Waals surface area contributed by atoms with E-state index in [4.69, 9.17) is 9.16 Å². The summed E-state index contributed by atoms with van der Waals surface area (Å²) in [6, 6.07) is 10.8. The van der Waals surface area contributed by atoms with Crippen molar-refractivity contribution in [2.24, 2.45) is 7.05 Å². The number of aryl methyl sites for hydroxylation is 3. The summed E-state index contributed by atoms with van der Waals surface area (Å²) in [5.74, 6) is 0.619. The van der Waals surface area contributed by atoms with Gasteiger partial charge in [-0.1, -0.05) is 20.8 Å². The van der Waals surface area contributed by atoms with Gasteiger partial charge in [0.2, 0.25) is 0 Å². The lowest BCUT2D eigenvalue weighted by molar-refractivity contribution is 0.0951. The van der Waals surface area contributed by atoms with Gasteiger partial charge < -0.3 is 24.0 Å². The molecule has 7 nitrogen and oxygen atoms in total. The molecular weight excluding hydrogens is 561 g/mol. The molecule has 9 heteroatoms. The minimum Gasteiger partial charge on any atom is -0.457 e. The van der Waals surface area contributed by atoms with Crippen LogP contribution in [0.5, 0.6) is 11.5 Å². The summed E-state index contributed by atoms with van der Waals surface area (Å²) in [4.78, 5) is 28.9. The second-order valence-corrected chi connectivity index (χ2v) is 18.1. The minimum absolute atomic E-state index is 0.0341. The molecule has 4 aromatic rings. The minimum atomic E-state index is -2.13. The average Bonchev–Trinajstić information content (AvgIpc) is 3.54. The molecule has 1 aliphatic rings. The monoisotopic (exact) mass is 603 g/mol. The maximum absolute atomic E-state index is 14.1. The lowest BCUT2D eigenvalue weighted by atomic mass is 9.97. The number of rotatable bonds is 8. The molecule has 2 N–H and O–H groups in total. The topological polar surface area (TPSA) is 85.3 Å². The Morgan fingerprint density at radius 3 is 2.33 bits per heavy atom. The van der Waals surface area contributed by atoms with Crippen LogP contribution in [0.15, 0.2) is 47.4 Å². The van der Waals surface area contributed by atoms with Crippen molar-refractivity contribution in [2.75, 3.05) is 6.54 Å². The summed E-state index contributed by atoms with van der Waals surface area (Å²) in [5.41, 5.74) is 4.04. The first-order valence-corrected chi connectivity index (χ1v) is 17.8. The molecule has 0 saturated heterocycles. The van der Waals surface area contributed by atoms with E-state index in [0.717, 1.165) is 29.5 Å². The third-order valence-electron chi connectivity index (χ3n) is 8.90. The molecule has 1 amide bonds. The van der Waals surface area contributed by atoms with E-state index >= 15 is 0 Å². The molecule has 0 aliphatic heterocycles. The van der Waals surface area contributed by atoms with Crippen LogP contribution in [-0.2, 0) is 17.1 Å². The summed E-state index contributed by atoms with van der Waals surface area (Å²) in [6.45, 7) is 17.2. The summed E-state index contributed by atoms with van der Waals surface area (Å²) in [5, 5.41) is 3.48. The number of nitrogens with one attached hydrogen (secondary N) is 2. The number of aromatic nitrogens is 2. The summed E-state index contributed by atoms with van der Waals surface area (Å²) >= 11 is 0. The van der Waals surface area contributed by atoms with Gasteiger partial charge in [0.05, 0.1) is 5.60 Å². The van der Waals surface area contributed by atoms with E-state index in [0.29, 0.717) is 45.8 Å². The zero-order valence-corrected chi connectivity index (χ0v) is 27.6. The molecule has 1 saturated carbocycles. The second-order valence-electron chi connectivity index (χ2n) is 13.4. The summed E-state index contributed by atoms with van der Waals surface area (Å²) < 4.78 is 29.2. The number of carbonyl (C=O) groups excluding carboxylic acids is 1. The van der Waals surface area contributed by atoms with Crippen LogP contribution in [0.1, 0.15) is 67.7 Å². The van der Waals surface area contributed by atoms with Crippen LogP contribution in [0.25, 0.3) is 22.0 Å². The van der Waals surface area contributed by atoms with Crippen LogP contribution in [0.2, 0.25) is 18.1 Å². The van der Waals surface area contributed by atoms with Gasteiger partial charge in [0.15, 0.2) is 8.32 Å². The Hall–Kier alpha value is -3.69. The lowest BCUT2D eigenvalue weighted by Gasteiger charge is -2.40. The van der Waals surface area contributed by atoms with Crippen LogP contribution < -0.4 is 15.6 Å². The third kappa shape index (κ3) is 5.80. The van der Waals surface area contributed by atoms with Gasteiger partial charge in [-0.15, -0.1) is 0 Å². The molecule has 0 unspecified atom stereocenters. The molecule has 228 valence electrons. The van der Waals surface area contributed by atoms with Crippen LogP contribution in [0.3, 0.4) is 0 Å². The van der Waals surface area contributed by atoms with Crippen molar-refractivity contribution in [3.8, 4) is 22.6 Å². The predicted octanol–water partition coefficient (Wildman–Crippen LogP) is 7.84. The van der Waals surface area contributed by atoms with Gasteiger partial charge in [-0.2, -0.15) is 0 Å². The molecule has 2 heterocycles. The van der Waals surface area contributed by atoms with E-state index in [1.807, 2.05) is 32.9 Å². The maximum Gasteiger partial charge on any atom is 0.274 e. The molecule has 1 aliphatic carbocycles. The number of H-pyrrole nitrogens is 1. The number of carbonyl (C=O) groups is 1. The summed E-state index contributed by atoms with van der Waals surface area (Å²) in [6.07, 6.45) is 3.59. The van der Waals surface area contributed by atoms with Crippen molar-refractivity contribution >= 4 is 25.1 Å². The van der Waals surface area contributed by atoms with Crippen molar-refractivity contribution in [2.45, 2.75) is 78.1 Å². The highest BCUT2D eigenvalue weighted by Gasteiger charge is 2.52. The Bertz CT molecular complexity index is 1770. The number of pyridine rings is 1. The lowest BCUT2D eigenvalue weighted by Crippen LogP contribution is -2.44. The van der Waals surface area contributed by atoms with Crippen molar-refractivity contribution in [1.82, 2.24) is 14.9 Å². The molecule has 0 atom stereocenters. The fraction of sp³-hybridized carbons (Fsp3) is 0.412. The average molecular weight is 604 g/mol. The number of nitrogens with zero attached hydrogens (tertiary/aromatic N) is 1. The number of hydrogen-bond donors (Lipinski definition) is 2. The van der Waals surface area contributed by atoms with E-state index < -0.39 is 13.9 Å². The van der Waals surface area contributed by atoms with E-state index in [-0.39, 0.29) is 22.3 Å². The standard InChI is InChI=1S/C34H42FN3O4Si/c1-10-36-31(39)28-18-26-27(19-38(7)32(40)29(26)37-28)22-15-23(34(11-12-34)42-43(8,9)33(4,5)6)17-25(16-22)41-30-20(2)13-24(35)14-21(30)3/h13-19,37H,10-12H2,1-9H3,(H,36,39). The van der Waals surface area contributed by atoms with E-state index in [1.165, 1.54) is 16.7 Å². The second kappa shape index (κ2) is 10.8. The molecular formula is C34H42FN3O4Si. The number of hydrogen-bond acceptors (Lipinski definition) is 4. The van der Waals surface area contributed by atoms with Gasteiger partial charge >= 0.3 is 0 Å². The van der Waals surface area contributed by atoms with E-state index in [1.54, 1.807) is 19.3 Å².